The number of sulfonamides is 1. The van der Waals surface area contributed by atoms with E-state index in [2.05, 4.69) is 20.7 Å². The molecule has 106 valence electrons. The minimum Gasteiger partial charge on any atom is -0.398 e. The first-order valence-corrected chi connectivity index (χ1v) is 8.33. The molecule has 3 N–H and O–H groups in total. The van der Waals surface area contributed by atoms with E-state index < -0.39 is 10.0 Å². The number of nitrogens with two attached hydrogens (primary N) is 1. The molecule has 0 aliphatic carbocycles. The molecule has 20 heavy (non-hydrogen) atoms. The zero-order valence-electron chi connectivity index (χ0n) is 10.3. The van der Waals surface area contributed by atoms with Gasteiger partial charge in [0.1, 0.15) is 0 Å². The van der Waals surface area contributed by atoms with Gasteiger partial charge in [-0.15, -0.1) is 0 Å². The quantitative estimate of drug-likeness (QED) is 0.806. The van der Waals surface area contributed by atoms with Crippen LogP contribution in [-0.2, 0) is 16.6 Å². The van der Waals surface area contributed by atoms with Gasteiger partial charge in [-0.3, -0.25) is 0 Å². The van der Waals surface area contributed by atoms with Crippen LogP contribution in [-0.4, -0.2) is 8.42 Å². The topological polar surface area (TPSA) is 72.2 Å². The third-order valence-electron chi connectivity index (χ3n) is 2.63. The minimum absolute atomic E-state index is 0.125. The molecule has 0 amide bonds. The summed E-state index contributed by atoms with van der Waals surface area (Å²) in [6, 6.07) is 11.5. The predicted octanol–water partition coefficient (Wildman–Crippen LogP) is 3.16. The summed E-state index contributed by atoms with van der Waals surface area (Å²) >= 11 is 9.08. The summed E-state index contributed by atoms with van der Waals surface area (Å²) < 4.78 is 27.4. The molecule has 2 rings (SSSR count). The maximum Gasteiger partial charge on any atom is 0.240 e. The second kappa shape index (κ2) is 6.13. The predicted molar refractivity (Wildman–Crippen MR) is 84.0 cm³/mol. The molecule has 4 nitrogen and oxygen atoms in total. The zero-order valence-corrected chi connectivity index (χ0v) is 13.5. The highest BCUT2D eigenvalue weighted by Gasteiger charge is 2.14. The summed E-state index contributed by atoms with van der Waals surface area (Å²) in [6.45, 7) is 0.166. The number of nitrogens with one attached hydrogen (secondary N) is 1. The maximum atomic E-state index is 12.1. The van der Waals surface area contributed by atoms with E-state index >= 15 is 0 Å². The number of halogens is 2. The first-order valence-electron chi connectivity index (χ1n) is 5.67. The van der Waals surface area contributed by atoms with Crippen LogP contribution in [0.1, 0.15) is 5.56 Å². The number of nitrogen functional groups attached to an aromatic ring is 1. The van der Waals surface area contributed by atoms with Gasteiger partial charge in [0.25, 0.3) is 0 Å². The van der Waals surface area contributed by atoms with Crippen molar-refractivity contribution < 1.29 is 8.42 Å². The van der Waals surface area contributed by atoms with Crippen LogP contribution in [0.5, 0.6) is 0 Å². The van der Waals surface area contributed by atoms with E-state index in [-0.39, 0.29) is 11.4 Å². The lowest BCUT2D eigenvalue weighted by atomic mass is 10.2. The fourth-order valence-corrected chi connectivity index (χ4v) is 3.11. The molecule has 2 aromatic rings. The Bertz CT molecular complexity index is 735. The Morgan fingerprint density at radius 2 is 1.95 bits per heavy atom. The van der Waals surface area contributed by atoms with Crippen LogP contribution in [0, 0.1) is 0 Å². The average Bonchev–Trinajstić information content (AvgIpc) is 2.40. The van der Waals surface area contributed by atoms with Crippen molar-refractivity contribution >= 4 is 43.2 Å². The lowest BCUT2D eigenvalue weighted by molar-refractivity contribution is 0.581. The largest absolute Gasteiger partial charge is 0.398 e. The van der Waals surface area contributed by atoms with Crippen LogP contribution < -0.4 is 10.5 Å². The Morgan fingerprint density at radius 3 is 2.60 bits per heavy atom. The third kappa shape index (κ3) is 3.73. The average molecular weight is 376 g/mol. The van der Waals surface area contributed by atoms with E-state index in [0.717, 1.165) is 5.56 Å². The molecule has 2 aromatic carbocycles. The van der Waals surface area contributed by atoms with Crippen LogP contribution in [0.4, 0.5) is 5.69 Å². The Hall–Kier alpha value is -1.08. The van der Waals surface area contributed by atoms with Gasteiger partial charge >= 0.3 is 0 Å². The number of benzene rings is 2. The van der Waals surface area contributed by atoms with Gasteiger partial charge in [0.15, 0.2) is 0 Å². The summed E-state index contributed by atoms with van der Waals surface area (Å²) in [5, 5.41) is 0.564. The third-order valence-corrected chi connectivity index (χ3v) is 4.99. The van der Waals surface area contributed by atoms with Gasteiger partial charge in [-0.1, -0.05) is 23.7 Å². The van der Waals surface area contributed by atoms with Crippen molar-refractivity contribution in [1.82, 2.24) is 4.72 Å². The smallest absolute Gasteiger partial charge is 0.240 e. The first-order chi connectivity index (χ1) is 9.38. The zero-order chi connectivity index (χ0) is 14.8. The van der Waals surface area contributed by atoms with Gasteiger partial charge in [0.05, 0.1) is 4.90 Å². The van der Waals surface area contributed by atoms with Crippen molar-refractivity contribution in [3.63, 3.8) is 0 Å². The van der Waals surface area contributed by atoms with Crippen molar-refractivity contribution in [3.05, 3.63) is 57.5 Å². The SMILES string of the molecule is Nc1cc(S(=O)(=O)NCc2cccc(Cl)c2)ccc1Br. The fourth-order valence-electron chi connectivity index (χ4n) is 1.60. The van der Waals surface area contributed by atoms with Gasteiger partial charge in [-0.25, -0.2) is 13.1 Å². The normalized spacial score (nSPS) is 11.5. The summed E-state index contributed by atoms with van der Waals surface area (Å²) in [6.07, 6.45) is 0. The molecule has 0 heterocycles. The maximum absolute atomic E-state index is 12.1. The molecule has 0 saturated carbocycles. The van der Waals surface area contributed by atoms with Crippen LogP contribution in [0.15, 0.2) is 51.8 Å². The van der Waals surface area contributed by atoms with Crippen LogP contribution in [0.2, 0.25) is 5.02 Å². The van der Waals surface area contributed by atoms with Gasteiger partial charge in [-0.2, -0.15) is 0 Å². The molecule has 0 aromatic heterocycles. The molecule has 0 aliphatic heterocycles. The van der Waals surface area contributed by atoms with E-state index in [1.165, 1.54) is 12.1 Å². The monoisotopic (exact) mass is 374 g/mol. The van der Waals surface area contributed by atoms with Crippen molar-refractivity contribution in [3.8, 4) is 0 Å². The van der Waals surface area contributed by atoms with Crippen LogP contribution in [0.25, 0.3) is 0 Å². The number of hydrogen-bond acceptors (Lipinski definition) is 3. The Labute approximate surface area is 131 Å². The summed E-state index contributed by atoms with van der Waals surface area (Å²) in [5.41, 5.74) is 6.84. The molecule has 0 spiro atoms. The highest BCUT2D eigenvalue weighted by Crippen LogP contribution is 2.22. The van der Waals surface area contributed by atoms with E-state index in [1.807, 2.05) is 0 Å². The standard InChI is InChI=1S/C13H12BrClN2O2S/c14-12-5-4-11(7-13(12)16)20(18,19)17-8-9-2-1-3-10(15)6-9/h1-7,17H,8,16H2. The molecule has 0 fully saturated rings. The molecule has 0 unspecified atom stereocenters. The van der Waals surface area contributed by atoms with Crippen molar-refractivity contribution in [2.24, 2.45) is 0 Å². The number of hydrogen-bond donors (Lipinski definition) is 2. The van der Waals surface area contributed by atoms with E-state index in [0.29, 0.717) is 15.2 Å². The number of anilines is 1. The lowest BCUT2D eigenvalue weighted by Gasteiger charge is -2.08. The molecular weight excluding hydrogens is 364 g/mol. The second-order valence-corrected chi connectivity index (χ2v) is 7.20. The lowest BCUT2D eigenvalue weighted by Crippen LogP contribution is -2.23. The van der Waals surface area contributed by atoms with Crippen LogP contribution in [0.3, 0.4) is 0 Å². The summed E-state index contributed by atoms with van der Waals surface area (Å²) in [7, 11) is -3.60. The van der Waals surface area contributed by atoms with Crippen molar-refractivity contribution in [1.29, 1.82) is 0 Å². The fraction of sp³-hybridized carbons (Fsp3) is 0.0769. The molecule has 0 saturated heterocycles. The highest BCUT2D eigenvalue weighted by atomic mass is 79.9. The summed E-state index contributed by atoms with van der Waals surface area (Å²) in [5.74, 6) is 0. The molecule has 0 atom stereocenters. The van der Waals surface area contributed by atoms with Gasteiger partial charge in [0.2, 0.25) is 10.0 Å². The van der Waals surface area contributed by atoms with Gasteiger partial charge in [-0.05, 0) is 51.8 Å². The van der Waals surface area contributed by atoms with Gasteiger partial charge in [0, 0.05) is 21.7 Å². The molecular formula is C13H12BrClN2O2S. The molecule has 0 bridgehead atoms. The van der Waals surface area contributed by atoms with Crippen molar-refractivity contribution in [2.45, 2.75) is 11.4 Å². The van der Waals surface area contributed by atoms with E-state index in [9.17, 15) is 8.42 Å². The molecule has 0 aliphatic rings. The first kappa shape index (κ1) is 15.3. The van der Waals surface area contributed by atoms with Gasteiger partial charge < -0.3 is 5.73 Å². The Morgan fingerprint density at radius 1 is 1.20 bits per heavy atom. The van der Waals surface area contributed by atoms with Crippen LogP contribution >= 0.6 is 27.5 Å². The minimum atomic E-state index is -3.60. The highest BCUT2D eigenvalue weighted by molar-refractivity contribution is 9.10. The number of rotatable bonds is 4. The van der Waals surface area contributed by atoms with Crippen molar-refractivity contribution in [2.75, 3.05) is 5.73 Å². The molecule has 7 heteroatoms. The summed E-state index contributed by atoms with van der Waals surface area (Å²) in [4.78, 5) is 0.125. The van der Waals surface area contributed by atoms with E-state index in [4.69, 9.17) is 17.3 Å². The molecule has 0 radical (unpaired) electrons. The Balaban J connectivity index is 2.17. The van der Waals surface area contributed by atoms with E-state index in [1.54, 1.807) is 30.3 Å². The Kier molecular flexibility index (Phi) is 4.70. The second-order valence-electron chi connectivity index (χ2n) is 4.14.